The Morgan fingerprint density at radius 2 is 1.88 bits per heavy atom. The first-order valence-electron chi connectivity index (χ1n) is 5.41. The number of benzene rings is 1. The Bertz CT molecular complexity index is 373. The lowest BCUT2D eigenvalue weighted by molar-refractivity contribution is -0.138. The lowest BCUT2D eigenvalue weighted by atomic mass is 10.3. The molecule has 4 heteroatoms. The van der Waals surface area contributed by atoms with Gasteiger partial charge in [0.2, 0.25) is 0 Å². The number of ether oxygens (including phenoxy) is 3. The van der Waals surface area contributed by atoms with E-state index < -0.39 is 5.97 Å². The van der Waals surface area contributed by atoms with Gasteiger partial charge in [0, 0.05) is 6.08 Å². The molecular weight excluding hydrogens is 220 g/mol. The van der Waals surface area contributed by atoms with Gasteiger partial charge >= 0.3 is 5.97 Å². The number of carbonyl (C=O) groups is 1. The van der Waals surface area contributed by atoms with Crippen molar-refractivity contribution in [2.45, 2.75) is 6.92 Å². The summed E-state index contributed by atoms with van der Waals surface area (Å²) in [6.07, 6.45) is 1.12. The zero-order valence-corrected chi connectivity index (χ0v) is 9.85. The molecular formula is C13H16O4. The van der Waals surface area contributed by atoms with Crippen molar-refractivity contribution in [2.24, 2.45) is 0 Å². The molecule has 0 saturated heterocycles. The van der Waals surface area contributed by atoms with Crippen molar-refractivity contribution in [2.75, 3.05) is 19.8 Å². The lowest BCUT2D eigenvalue weighted by Crippen LogP contribution is -2.10. The summed E-state index contributed by atoms with van der Waals surface area (Å²) < 4.78 is 15.6. The van der Waals surface area contributed by atoms with Crippen LogP contribution in [0.1, 0.15) is 6.92 Å². The van der Waals surface area contributed by atoms with Crippen LogP contribution < -0.4 is 9.47 Å². The van der Waals surface area contributed by atoms with Gasteiger partial charge in [0.1, 0.15) is 13.2 Å². The van der Waals surface area contributed by atoms with Crippen molar-refractivity contribution >= 4 is 5.97 Å². The number of carbonyl (C=O) groups excluding carboxylic acids is 1. The predicted octanol–water partition coefficient (Wildman–Crippen LogP) is 2.19. The quantitative estimate of drug-likeness (QED) is 0.413. The van der Waals surface area contributed by atoms with Gasteiger partial charge in [-0.2, -0.15) is 0 Å². The minimum atomic E-state index is -0.452. The molecule has 0 fully saturated rings. The smallest absolute Gasteiger partial charge is 0.330 e. The van der Waals surface area contributed by atoms with E-state index in [0.717, 1.165) is 6.08 Å². The summed E-state index contributed by atoms with van der Waals surface area (Å²) >= 11 is 0. The van der Waals surface area contributed by atoms with Crippen LogP contribution >= 0.6 is 0 Å². The van der Waals surface area contributed by atoms with Gasteiger partial charge in [-0.1, -0.05) is 18.7 Å². The molecule has 1 aromatic carbocycles. The Hall–Kier alpha value is -1.97. The van der Waals surface area contributed by atoms with Gasteiger partial charge in [-0.3, -0.25) is 0 Å². The van der Waals surface area contributed by atoms with Crippen LogP contribution in [-0.2, 0) is 9.53 Å². The SMILES string of the molecule is C=CC(=O)OCCOc1ccccc1OCC. The summed E-state index contributed by atoms with van der Waals surface area (Å²) in [5.74, 6) is 0.876. The second-order valence-corrected chi connectivity index (χ2v) is 3.10. The monoisotopic (exact) mass is 236 g/mol. The van der Waals surface area contributed by atoms with Gasteiger partial charge in [0.25, 0.3) is 0 Å². The van der Waals surface area contributed by atoms with E-state index in [1.165, 1.54) is 0 Å². The zero-order valence-electron chi connectivity index (χ0n) is 9.85. The minimum Gasteiger partial charge on any atom is -0.490 e. The Morgan fingerprint density at radius 1 is 1.24 bits per heavy atom. The third kappa shape index (κ3) is 4.59. The van der Waals surface area contributed by atoms with Gasteiger partial charge in [-0.15, -0.1) is 0 Å². The number of esters is 1. The second kappa shape index (κ2) is 7.33. The number of hydrogen-bond acceptors (Lipinski definition) is 4. The first-order valence-corrected chi connectivity index (χ1v) is 5.41. The van der Waals surface area contributed by atoms with Gasteiger partial charge in [-0.25, -0.2) is 4.79 Å². The number of para-hydroxylation sites is 2. The molecule has 0 N–H and O–H groups in total. The highest BCUT2D eigenvalue weighted by Crippen LogP contribution is 2.26. The summed E-state index contributed by atoms with van der Waals surface area (Å²) in [5, 5.41) is 0. The number of hydrogen-bond donors (Lipinski definition) is 0. The van der Waals surface area contributed by atoms with Crippen molar-refractivity contribution in [1.29, 1.82) is 0 Å². The van der Waals surface area contributed by atoms with Gasteiger partial charge in [0.05, 0.1) is 6.61 Å². The highest BCUT2D eigenvalue weighted by atomic mass is 16.6. The molecule has 1 rings (SSSR count). The third-order valence-electron chi connectivity index (χ3n) is 1.90. The molecule has 0 unspecified atom stereocenters. The molecule has 0 spiro atoms. The summed E-state index contributed by atoms with van der Waals surface area (Å²) in [7, 11) is 0. The maximum atomic E-state index is 10.8. The van der Waals surface area contributed by atoms with E-state index in [2.05, 4.69) is 6.58 Å². The highest BCUT2D eigenvalue weighted by molar-refractivity contribution is 5.81. The first kappa shape index (κ1) is 13.1. The maximum Gasteiger partial charge on any atom is 0.330 e. The predicted molar refractivity (Wildman–Crippen MR) is 64.3 cm³/mol. The summed E-state index contributed by atoms with van der Waals surface area (Å²) in [6.45, 7) is 6.25. The van der Waals surface area contributed by atoms with E-state index in [0.29, 0.717) is 18.1 Å². The summed E-state index contributed by atoms with van der Waals surface area (Å²) in [4.78, 5) is 10.8. The molecule has 0 aliphatic rings. The highest BCUT2D eigenvalue weighted by Gasteiger charge is 2.03. The molecule has 0 saturated carbocycles. The normalized spacial score (nSPS) is 9.47. The van der Waals surface area contributed by atoms with E-state index in [1.54, 1.807) is 6.07 Å². The molecule has 0 aliphatic heterocycles. The van der Waals surface area contributed by atoms with Gasteiger partial charge in [0.15, 0.2) is 11.5 Å². The minimum absolute atomic E-state index is 0.186. The fourth-order valence-electron chi connectivity index (χ4n) is 1.20. The largest absolute Gasteiger partial charge is 0.490 e. The molecule has 4 nitrogen and oxygen atoms in total. The average molecular weight is 236 g/mol. The zero-order chi connectivity index (χ0) is 12.5. The van der Waals surface area contributed by atoms with Crippen LogP contribution in [0.3, 0.4) is 0 Å². The number of rotatable bonds is 7. The summed E-state index contributed by atoms with van der Waals surface area (Å²) in [5.41, 5.74) is 0. The van der Waals surface area contributed by atoms with Crippen LogP contribution in [0.5, 0.6) is 11.5 Å². The molecule has 0 amide bonds. The summed E-state index contributed by atoms with van der Waals surface area (Å²) in [6, 6.07) is 7.36. The Kier molecular flexibility index (Phi) is 5.64. The molecule has 0 bridgehead atoms. The molecule has 92 valence electrons. The fourth-order valence-corrected chi connectivity index (χ4v) is 1.20. The molecule has 0 radical (unpaired) electrons. The van der Waals surface area contributed by atoms with E-state index in [4.69, 9.17) is 14.2 Å². The second-order valence-electron chi connectivity index (χ2n) is 3.10. The van der Waals surface area contributed by atoms with Crippen LogP contribution in [-0.4, -0.2) is 25.8 Å². The van der Waals surface area contributed by atoms with Crippen molar-refractivity contribution in [3.8, 4) is 11.5 Å². The first-order chi connectivity index (χ1) is 8.27. The van der Waals surface area contributed by atoms with E-state index in [9.17, 15) is 4.79 Å². The molecule has 0 atom stereocenters. The Balaban J connectivity index is 2.40. The van der Waals surface area contributed by atoms with Crippen molar-refractivity contribution in [3.63, 3.8) is 0 Å². The van der Waals surface area contributed by atoms with E-state index >= 15 is 0 Å². The van der Waals surface area contributed by atoms with Crippen LogP contribution in [0.25, 0.3) is 0 Å². The Morgan fingerprint density at radius 3 is 2.47 bits per heavy atom. The Labute approximate surface area is 101 Å². The average Bonchev–Trinajstić information content (AvgIpc) is 2.36. The van der Waals surface area contributed by atoms with E-state index in [-0.39, 0.29) is 13.2 Å². The van der Waals surface area contributed by atoms with Crippen LogP contribution in [0.2, 0.25) is 0 Å². The molecule has 0 heterocycles. The van der Waals surface area contributed by atoms with Crippen LogP contribution in [0.15, 0.2) is 36.9 Å². The van der Waals surface area contributed by atoms with E-state index in [1.807, 2.05) is 25.1 Å². The molecule has 0 aliphatic carbocycles. The van der Waals surface area contributed by atoms with Gasteiger partial charge in [-0.05, 0) is 19.1 Å². The topological polar surface area (TPSA) is 44.8 Å². The maximum absolute atomic E-state index is 10.8. The standard InChI is InChI=1S/C13H16O4/c1-3-13(14)17-10-9-16-12-8-6-5-7-11(12)15-4-2/h3,5-8H,1,4,9-10H2,2H3. The van der Waals surface area contributed by atoms with Crippen LogP contribution in [0, 0.1) is 0 Å². The molecule has 1 aromatic rings. The van der Waals surface area contributed by atoms with Crippen LogP contribution in [0.4, 0.5) is 0 Å². The lowest BCUT2D eigenvalue weighted by Gasteiger charge is -2.11. The third-order valence-corrected chi connectivity index (χ3v) is 1.90. The van der Waals surface area contributed by atoms with Crippen molar-refractivity contribution in [3.05, 3.63) is 36.9 Å². The molecule has 0 aromatic heterocycles. The molecule has 17 heavy (non-hydrogen) atoms. The fraction of sp³-hybridized carbons (Fsp3) is 0.308. The van der Waals surface area contributed by atoms with Crippen molar-refractivity contribution < 1.29 is 19.0 Å². The van der Waals surface area contributed by atoms with Gasteiger partial charge < -0.3 is 14.2 Å². The van der Waals surface area contributed by atoms with Crippen molar-refractivity contribution in [1.82, 2.24) is 0 Å².